The third kappa shape index (κ3) is 10.2. The summed E-state index contributed by atoms with van der Waals surface area (Å²) in [5, 5.41) is 20.6. The molecule has 4 heteroatoms. The highest BCUT2D eigenvalue weighted by atomic mass is 16.3. The van der Waals surface area contributed by atoms with Crippen molar-refractivity contribution in [1.29, 1.82) is 0 Å². The van der Waals surface area contributed by atoms with E-state index in [9.17, 15) is 19.8 Å². The molecule has 0 aromatic heterocycles. The second-order valence-electron chi connectivity index (χ2n) is 14.0. The summed E-state index contributed by atoms with van der Waals surface area (Å²) >= 11 is 0. The lowest BCUT2D eigenvalue weighted by atomic mass is 9.66. The van der Waals surface area contributed by atoms with Crippen molar-refractivity contribution in [2.75, 3.05) is 0 Å². The summed E-state index contributed by atoms with van der Waals surface area (Å²) in [5.74, 6) is 6.43. The van der Waals surface area contributed by atoms with Crippen LogP contribution in [-0.4, -0.2) is 27.9 Å². The molecule has 2 aliphatic carbocycles. The molecule has 0 aromatic carbocycles. The van der Waals surface area contributed by atoms with Crippen LogP contribution in [0.5, 0.6) is 0 Å². The molecule has 0 bridgehead atoms. The van der Waals surface area contributed by atoms with E-state index in [0.717, 1.165) is 28.7 Å². The molecular weight excluding hydrogens is 544 g/mol. The van der Waals surface area contributed by atoms with Crippen LogP contribution < -0.4 is 0 Å². The van der Waals surface area contributed by atoms with Crippen LogP contribution in [0.1, 0.15) is 94.9 Å². The molecule has 236 valence electrons. The second-order valence-corrected chi connectivity index (χ2v) is 14.0. The number of hydrogen-bond acceptors (Lipinski definition) is 4. The second kappa shape index (κ2) is 15.4. The van der Waals surface area contributed by atoms with E-state index < -0.39 is 10.8 Å². The van der Waals surface area contributed by atoms with Gasteiger partial charge in [-0.15, -0.1) is 0 Å². The van der Waals surface area contributed by atoms with Gasteiger partial charge in [0.15, 0.2) is 5.78 Å². The Bertz CT molecular complexity index is 1460. The lowest BCUT2D eigenvalue weighted by molar-refractivity contribution is -0.128. The first-order chi connectivity index (χ1) is 20.4. The summed E-state index contributed by atoms with van der Waals surface area (Å²) in [6.07, 6.45) is 22.6. The van der Waals surface area contributed by atoms with Crippen molar-refractivity contribution >= 4 is 11.6 Å². The van der Waals surface area contributed by atoms with Crippen LogP contribution in [0.15, 0.2) is 106 Å². The Hall–Kier alpha value is -3.68. The van der Waals surface area contributed by atoms with Crippen molar-refractivity contribution in [3.63, 3.8) is 0 Å². The van der Waals surface area contributed by atoms with Gasteiger partial charge in [0, 0.05) is 35.3 Å². The smallest absolute Gasteiger partial charge is 0.166 e. The minimum Gasteiger partial charge on any atom is -0.508 e. The van der Waals surface area contributed by atoms with Gasteiger partial charge < -0.3 is 10.2 Å². The molecule has 2 aliphatic rings. The van der Waals surface area contributed by atoms with E-state index in [2.05, 4.69) is 32.6 Å². The first-order valence-corrected chi connectivity index (χ1v) is 15.5. The number of aliphatic hydroxyl groups is 2. The number of aliphatic hydroxyl groups excluding tert-OH is 2. The molecule has 0 unspecified atom stereocenters. The molecular formula is C40H52O4. The SMILES string of the molecule is CC1=C(C#C/C(C)=C/C=C/C(C)=C/C=C/C=C(C)/C=C/C=C(C)/C(O)=C/C(=O)[C@@]2(C)CC(=O)CC2(C)C)C(C)(C)C[C@H](O)C1. The van der Waals surface area contributed by atoms with Crippen LogP contribution in [0.4, 0.5) is 0 Å². The van der Waals surface area contributed by atoms with Crippen LogP contribution >= 0.6 is 0 Å². The predicted octanol–water partition coefficient (Wildman–Crippen LogP) is 9.35. The number of carbonyl (C=O) groups is 2. The summed E-state index contributed by atoms with van der Waals surface area (Å²) < 4.78 is 0. The Balaban J connectivity index is 1.95. The molecule has 0 spiro atoms. The molecule has 0 radical (unpaired) electrons. The van der Waals surface area contributed by atoms with E-state index in [1.54, 1.807) is 13.0 Å². The molecule has 0 amide bonds. The van der Waals surface area contributed by atoms with E-state index in [1.807, 2.05) is 96.2 Å². The average Bonchev–Trinajstić information content (AvgIpc) is 3.11. The predicted molar refractivity (Wildman–Crippen MR) is 184 cm³/mol. The van der Waals surface area contributed by atoms with E-state index in [1.165, 1.54) is 11.6 Å². The molecule has 2 rings (SSSR count). The average molecular weight is 597 g/mol. The molecule has 0 saturated heterocycles. The maximum Gasteiger partial charge on any atom is 0.166 e. The maximum absolute atomic E-state index is 13.0. The van der Waals surface area contributed by atoms with E-state index in [4.69, 9.17) is 0 Å². The lowest BCUT2D eigenvalue weighted by Crippen LogP contribution is -2.36. The zero-order chi connectivity index (χ0) is 33.3. The summed E-state index contributed by atoms with van der Waals surface area (Å²) in [4.78, 5) is 25.0. The quantitative estimate of drug-likeness (QED) is 0.120. The maximum atomic E-state index is 13.0. The number of hydrogen-bond donors (Lipinski definition) is 2. The molecule has 0 aromatic rings. The van der Waals surface area contributed by atoms with Gasteiger partial charge in [-0.1, -0.05) is 124 Å². The highest BCUT2D eigenvalue weighted by Gasteiger charge is 2.53. The van der Waals surface area contributed by atoms with E-state index in [-0.39, 0.29) is 35.3 Å². The fourth-order valence-electron chi connectivity index (χ4n) is 5.78. The molecule has 1 fully saturated rings. The van der Waals surface area contributed by atoms with Crippen LogP contribution in [0.3, 0.4) is 0 Å². The number of Topliss-reactive ketones (excluding diaryl/α,β-unsaturated/α-hetero) is 1. The van der Waals surface area contributed by atoms with Gasteiger partial charge in [0.25, 0.3) is 0 Å². The van der Waals surface area contributed by atoms with Gasteiger partial charge in [-0.2, -0.15) is 0 Å². The fraction of sp³-hybridized carbons (Fsp3) is 0.450. The first-order valence-electron chi connectivity index (χ1n) is 15.5. The van der Waals surface area contributed by atoms with Crippen molar-refractivity contribution in [1.82, 2.24) is 0 Å². The molecule has 0 heterocycles. The zero-order valence-electron chi connectivity index (χ0n) is 28.5. The Kier molecular flexibility index (Phi) is 12.7. The summed E-state index contributed by atoms with van der Waals surface area (Å²) in [5.41, 5.74) is 4.68. The Morgan fingerprint density at radius 3 is 1.95 bits per heavy atom. The Morgan fingerprint density at radius 1 is 0.864 bits per heavy atom. The molecule has 1 saturated carbocycles. The van der Waals surface area contributed by atoms with Crippen LogP contribution in [0.25, 0.3) is 0 Å². The monoisotopic (exact) mass is 596 g/mol. The van der Waals surface area contributed by atoms with Gasteiger partial charge in [0.1, 0.15) is 11.5 Å². The zero-order valence-corrected chi connectivity index (χ0v) is 28.5. The Morgan fingerprint density at radius 2 is 1.43 bits per heavy atom. The third-order valence-electron chi connectivity index (χ3n) is 8.92. The van der Waals surface area contributed by atoms with Gasteiger partial charge in [-0.25, -0.2) is 0 Å². The highest BCUT2D eigenvalue weighted by Crippen LogP contribution is 2.51. The van der Waals surface area contributed by atoms with Gasteiger partial charge >= 0.3 is 0 Å². The van der Waals surface area contributed by atoms with Crippen molar-refractivity contribution in [2.45, 2.75) is 101 Å². The minimum atomic E-state index is -0.803. The molecule has 2 N–H and O–H groups in total. The topological polar surface area (TPSA) is 74.6 Å². The van der Waals surface area contributed by atoms with Crippen molar-refractivity contribution < 1.29 is 19.8 Å². The fourth-order valence-corrected chi connectivity index (χ4v) is 5.78. The van der Waals surface area contributed by atoms with Gasteiger partial charge in [-0.3, -0.25) is 9.59 Å². The van der Waals surface area contributed by atoms with Gasteiger partial charge in [0.05, 0.1) is 6.10 Å². The summed E-state index contributed by atoms with van der Waals surface area (Å²) in [6, 6.07) is 0. The van der Waals surface area contributed by atoms with Crippen molar-refractivity contribution in [3.8, 4) is 11.8 Å². The van der Waals surface area contributed by atoms with Crippen LogP contribution in [0, 0.1) is 28.1 Å². The molecule has 0 aliphatic heterocycles. The normalized spacial score (nSPS) is 25.4. The van der Waals surface area contributed by atoms with Crippen LogP contribution in [-0.2, 0) is 9.59 Å². The number of carbonyl (C=O) groups excluding carboxylic acids is 2. The largest absolute Gasteiger partial charge is 0.508 e. The highest BCUT2D eigenvalue weighted by molar-refractivity contribution is 6.01. The molecule has 2 atom stereocenters. The van der Waals surface area contributed by atoms with Crippen molar-refractivity contribution in [3.05, 3.63) is 106 Å². The van der Waals surface area contributed by atoms with Gasteiger partial charge in [0.2, 0.25) is 0 Å². The third-order valence-corrected chi connectivity index (χ3v) is 8.92. The van der Waals surface area contributed by atoms with Crippen molar-refractivity contribution in [2.24, 2.45) is 16.2 Å². The van der Waals surface area contributed by atoms with Gasteiger partial charge in [-0.05, 0) is 64.0 Å². The standard InChI is InChI=1S/C40H52O4/c1-28(17-13-18-30(3)21-22-35-32(5)23-33(41)25-38(35,6)7)15-11-12-16-29(2)19-14-20-31(4)36(43)24-37(44)40(10)27-34(42)26-39(40,8)9/h11-20,24,33,41,43H,23,25-27H2,1-10H3/b12-11+,17-13+,19-14+,28-15+,29-16+,30-18+,31-20+,36-24-/t33-,40-/m1/s1. The summed E-state index contributed by atoms with van der Waals surface area (Å²) in [6.45, 7) is 19.8. The Labute approximate surface area is 266 Å². The van der Waals surface area contributed by atoms with E-state index in [0.29, 0.717) is 18.4 Å². The number of ketones is 2. The van der Waals surface area contributed by atoms with E-state index >= 15 is 0 Å². The molecule has 4 nitrogen and oxygen atoms in total. The molecule has 44 heavy (non-hydrogen) atoms. The lowest BCUT2D eigenvalue weighted by Gasteiger charge is -2.35. The number of rotatable bonds is 9. The number of allylic oxidation sites excluding steroid dienone is 16. The first kappa shape index (κ1) is 36.5. The minimum absolute atomic E-state index is 0.0790. The van der Waals surface area contributed by atoms with Crippen LogP contribution in [0.2, 0.25) is 0 Å². The summed E-state index contributed by atoms with van der Waals surface area (Å²) in [7, 11) is 0.